The molecule has 2 saturated carbocycles. The van der Waals surface area contributed by atoms with E-state index in [1.165, 1.54) is 7.11 Å². The van der Waals surface area contributed by atoms with Gasteiger partial charge in [-0.25, -0.2) is 0 Å². The number of Topliss-reactive ketones (excluding diaryl/α,β-unsaturated/α-hetero) is 2. The van der Waals surface area contributed by atoms with Crippen LogP contribution < -0.4 is 0 Å². The Hall–Kier alpha value is -2.54. The molecule has 0 aromatic heterocycles. The molecular weight excluding hydrogens is 424 g/mol. The summed E-state index contributed by atoms with van der Waals surface area (Å²) in [5.74, 6) is -3.10. The van der Waals surface area contributed by atoms with Crippen LogP contribution in [0.15, 0.2) is 34.9 Å². The lowest BCUT2D eigenvalue weighted by Gasteiger charge is -2.57. The molecule has 0 spiro atoms. The van der Waals surface area contributed by atoms with Gasteiger partial charge in [0, 0.05) is 5.41 Å². The Kier molecular flexibility index (Phi) is 4.67. The van der Waals surface area contributed by atoms with Crippen LogP contribution in [0.4, 0.5) is 0 Å². The lowest BCUT2D eigenvalue weighted by Crippen LogP contribution is -2.66. The van der Waals surface area contributed by atoms with E-state index < -0.39 is 50.9 Å². The van der Waals surface area contributed by atoms with E-state index in [9.17, 15) is 24.3 Å². The van der Waals surface area contributed by atoms with E-state index >= 15 is 0 Å². The SMILES string of the molecule is C=C1C2(C)CC3C(C)=C4CC(=O)OC(C)(C)C4=CCC3(C)[C@]1(C(=O)OC)C(O)(C(C)=O)C2=O. The first-order valence-electron chi connectivity index (χ1n) is 11.3. The number of aliphatic hydroxyl groups is 1. The number of fused-ring (bicyclic) bond motifs is 5. The highest BCUT2D eigenvalue weighted by Gasteiger charge is 2.85. The lowest BCUT2D eigenvalue weighted by molar-refractivity contribution is -0.190. The van der Waals surface area contributed by atoms with Crippen molar-refractivity contribution in [1.82, 2.24) is 0 Å². The Morgan fingerprint density at radius 2 is 1.82 bits per heavy atom. The monoisotopic (exact) mass is 456 g/mol. The first-order chi connectivity index (χ1) is 15.1. The molecule has 33 heavy (non-hydrogen) atoms. The number of carbonyl (C=O) groups is 4. The smallest absolute Gasteiger partial charge is 0.320 e. The van der Waals surface area contributed by atoms with Gasteiger partial charge in [0.2, 0.25) is 5.60 Å². The summed E-state index contributed by atoms with van der Waals surface area (Å²) in [5, 5.41) is 11.9. The summed E-state index contributed by atoms with van der Waals surface area (Å²) in [7, 11) is 1.19. The number of allylic oxidation sites excluding steroid dienone is 2. The molecule has 5 atom stereocenters. The predicted molar refractivity (Wildman–Crippen MR) is 119 cm³/mol. The third-order valence-corrected chi connectivity index (χ3v) is 9.12. The molecule has 4 unspecified atom stereocenters. The molecule has 0 radical (unpaired) electrons. The number of esters is 2. The lowest BCUT2D eigenvalue weighted by atomic mass is 9.44. The summed E-state index contributed by atoms with van der Waals surface area (Å²) in [6.07, 6.45) is 2.53. The van der Waals surface area contributed by atoms with E-state index in [0.717, 1.165) is 23.6 Å². The topological polar surface area (TPSA) is 107 Å². The Morgan fingerprint density at radius 1 is 1.21 bits per heavy atom. The van der Waals surface area contributed by atoms with E-state index in [0.29, 0.717) is 0 Å². The van der Waals surface area contributed by atoms with Crippen LogP contribution in [0.25, 0.3) is 0 Å². The van der Waals surface area contributed by atoms with Crippen LogP contribution in [0, 0.1) is 22.2 Å². The van der Waals surface area contributed by atoms with E-state index in [2.05, 4.69) is 6.58 Å². The molecule has 178 valence electrons. The molecule has 4 aliphatic rings. The normalized spacial score (nSPS) is 41.5. The van der Waals surface area contributed by atoms with Crippen molar-refractivity contribution in [2.75, 3.05) is 7.11 Å². The van der Waals surface area contributed by atoms with Gasteiger partial charge in [0.05, 0.1) is 18.9 Å². The second-order valence-corrected chi connectivity index (χ2v) is 11.0. The fraction of sp³-hybridized carbons (Fsp3) is 0.615. The van der Waals surface area contributed by atoms with Gasteiger partial charge in [0.25, 0.3) is 0 Å². The van der Waals surface area contributed by atoms with Crippen molar-refractivity contribution in [1.29, 1.82) is 0 Å². The van der Waals surface area contributed by atoms with Crippen LogP contribution in [-0.4, -0.2) is 46.9 Å². The van der Waals surface area contributed by atoms with Crippen molar-refractivity contribution >= 4 is 23.5 Å². The van der Waals surface area contributed by atoms with E-state index in [4.69, 9.17) is 9.47 Å². The maximum absolute atomic E-state index is 13.8. The van der Waals surface area contributed by atoms with Crippen molar-refractivity contribution in [3.05, 3.63) is 34.9 Å². The fourth-order valence-electron chi connectivity index (χ4n) is 7.44. The molecule has 1 saturated heterocycles. The quantitative estimate of drug-likeness (QED) is 0.387. The molecule has 4 rings (SSSR count). The summed E-state index contributed by atoms with van der Waals surface area (Å²) in [5.41, 5.74) is -5.12. The molecule has 3 aliphatic carbocycles. The van der Waals surface area contributed by atoms with Crippen molar-refractivity contribution in [2.24, 2.45) is 22.2 Å². The standard InChI is InChI=1S/C26H32O7/c1-13-16-11-19(28)33-22(4,5)17(16)9-10-24(7)18(13)12-23(6)14(2)25(24,21(30)32-8)26(31,15(3)27)20(23)29/h9,18,31H,2,10-12H2,1,3-8H3/t18?,23?,24?,25-,26?/m0/s1. The number of ketones is 2. The predicted octanol–water partition coefficient (Wildman–Crippen LogP) is 3.01. The van der Waals surface area contributed by atoms with E-state index in [-0.39, 0.29) is 30.8 Å². The number of rotatable bonds is 2. The number of carbonyl (C=O) groups excluding carboxylic acids is 4. The van der Waals surface area contributed by atoms with Gasteiger partial charge < -0.3 is 14.6 Å². The molecular formula is C26H32O7. The van der Waals surface area contributed by atoms with Gasteiger partial charge in [0.1, 0.15) is 11.0 Å². The van der Waals surface area contributed by atoms with Gasteiger partial charge in [-0.3, -0.25) is 19.2 Å². The van der Waals surface area contributed by atoms with Gasteiger partial charge in [-0.2, -0.15) is 0 Å². The van der Waals surface area contributed by atoms with E-state index in [1.807, 2.05) is 33.8 Å². The van der Waals surface area contributed by atoms with Gasteiger partial charge in [-0.1, -0.05) is 25.2 Å². The van der Waals surface area contributed by atoms with Gasteiger partial charge in [-0.05, 0) is 70.1 Å². The molecule has 1 aliphatic heterocycles. The van der Waals surface area contributed by atoms with Crippen LogP contribution >= 0.6 is 0 Å². The summed E-state index contributed by atoms with van der Waals surface area (Å²) < 4.78 is 10.8. The van der Waals surface area contributed by atoms with Crippen LogP contribution in [0.3, 0.4) is 0 Å². The molecule has 7 nitrogen and oxygen atoms in total. The highest BCUT2D eigenvalue weighted by Crippen LogP contribution is 2.75. The molecule has 3 fully saturated rings. The van der Waals surface area contributed by atoms with Gasteiger partial charge >= 0.3 is 11.9 Å². The minimum Gasteiger partial charge on any atom is -0.468 e. The first kappa shape index (κ1) is 23.6. The Balaban J connectivity index is 2.13. The Bertz CT molecular complexity index is 1110. The van der Waals surface area contributed by atoms with Crippen LogP contribution in [-0.2, 0) is 28.7 Å². The Labute approximate surface area is 193 Å². The molecule has 0 amide bonds. The van der Waals surface area contributed by atoms with Crippen molar-refractivity contribution < 1.29 is 33.8 Å². The van der Waals surface area contributed by atoms with E-state index in [1.54, 1.807) is 6.92 Å². The van der Waals surface area contributed by atoms with Crippen LogP contribution in [0.1, 0.15) is 60.8 Å². The van der Waals surface area contributed by atoms with Crippen molar-refractivity contribution in [3.8, 4) is 0 Å². The number of methoxy groups -OCH3 is 1. The zero-order chi connectivity index (χ0) is 24.9. The maximum Gasteiger partial charge on any atom is 0.320 e. The van der Waals surface area contributed by atoms with Gasteiger partial charge in [-0.15, -0.1) is 0 Å². The summed E-state index contributed by atoms with van der Waals surface area (Å²) in [4.78, 5) is 52.9. The van der Waals surface area contributed by atoms with Crippen molar-refractivity contribution in [2.45, 2.75) is 72.0 Å². The summed E-state index contributed by atoms with van der Waals surface area (Å²) in [6, 6.07) is 0. The average Bonchev–Trinajstić information content (AvgIpc) is 2.78. The highest BCUT2D eigenvalue weighted by molar-refractivity contribution is 6.21. The second kappa shape index (κ2) is 6.53. The maximum atomic E-state index is 13.8. The zero-order valence-electron chi connectivity index (χ0n) is 20.4. The second-order valence-electron chi connectivity index (χ2n) is 11.0. The molecule has 2 bridgehead atoms. The molecule has 1 N–H and O–H groups in total. The molecule has 0 aromatic rings. The molecule has 7 heteroatoms. The largest absolute Gasteiger partial charge is 0.468 e. The zero-order valence-corrected chi connectivity index (χ0v) is 20.4. The third kappa shape index (κ3) is 2.34. The first-order valence-corrected chi connectivity index (χ1v) is 11.3. The molecule has 1 heterocycles. The fourth-order valence-corrected chi connectivity index (χ4v) is 7.44. The number of ether oxygens (including phenoxy) is 2. The minimum atomic E-state index is -2.60. The molecule has 0 aromatic carbocycles. The van der Waals surface area contributed by atoms with Gasteiger partial charge in [0.15, 0.2) is 11.6 Å². The minimum absolute atomic E-state index is 0.0848. The summed E-state index contributed by atoms with van der Waals surface area (Å²) in [6.45, 7) is 14.3. The van der Waals surface area contributed by atoms with Crippen LogP contribution in [0.5, 0.6) is 0 Å². The number of hydrogen-bond donors (Lipinski definition) is 1. The highest BCUT2D eigenvalue weighted by atomic mass is 16.6. The third-order valence-electron chi connectivity index (χ3n) is 9.12. The van der Waals surface area contributed by atoms with Crippen LogP contribution in [0.2, 0.25) is 0 Å². The Morgan fingerprint density at radius 3 is 2.36 bits per heavy atom. The number of hydrogen-bond acceptors (Lipinski definition) is 7. The van der Waals surface area contributed by atoms with Crippen molar-refractivity contribution in [3.63, 3.8) is 0 Å². The summed E-state index contributed by atoms with van der Waals surface area (Å²) >= 11 is 0. The number of cyclic esters (lactones) is 1. The average molecular weight is 457 g/mol.